The molecule has 0 radical (unpaired) electrons. The van der Waals surface area contributed by atoms with Gasteiger partial charge in [-0.3, -0.25) is 0 Å². The molecule has 10 heteroatoms. The van der Waals surface area contributed by atoms with Gasteiger partial charge >= 0.3 is 6.18 Å². The van der Waals surface area contributed by atoms with E-state index in [1.54, 1.807) is 6.20 Å². The number of hydrogen-bond acceptors (Lipinski definition) is 5. The molecule has 5 nitrogen and oxygen atoms in total. The third-order valence-corrected chi connectivity index (χ3v) is 3.55. The Morgan fingerprint density at radius 3 is 2.38 bits per heavy atom. The SMILES string of the molecule is CNC(c1ccc(Cl)cc1)C(F)(F)F.CO/C(=C/C=N)c1ncc(S)[nH]1. The third kappa shape index (κ3) is 6.74. The first kappa shape index (κ1) is 22.1. The lowest BCUT2D eigenvalue weighted by molar-refractivity contribution is -0.156. The Morgan fingerprint density at radius 2 is 2.00 bits per heavy atom. The summed E-state index contributed by atoms with van der Waals surface area (Å²) < 4.78 is 42.2. The van der Waals surface area contributed by atoms with Gasteiger partial charge in [0.15, 0.2) is 11.6 Å². The number of imidazole rings is 1. The summed E-state index contributed by atoms with van der Waals surface area (Å²) in [5, 5.41) is 10.1. The Bertz CT molecular complexity index is 732. The Kier molecular flexibility index (Phi) is 8.70. The average Bonchev–Trinajstić information content (AvgIpc) is 3.00. The number of methoxy groups -OCH3 is 1. The van der Waals surface area contributed by atoms with Crippen LogP contribution in [0.25, 0.3) is 5.76 Å². The standard InChI is InChI=1S/C9H9ClF3N.C7H9N3OS/c1-14-8(9(11,12)13)6-2-4-7(10)5-3-6;1-11-5(2-3-8)7-9-4-6(12)10-7/h2-5,8,14H,1H3;2-4,8,12H,1H3,(H,9,10)/b;5-2+,8-3?. The summed E-state index contributed by atoms with van der Waals surface area (Å²) >= 11 is 9.62. The number of aromatic amines is 1. The summed E-state index contributed by atoms with van der Waals surface area (Å²) in [4.78, 5) is 6.85. The van der Waals surface area contributed by atoms with Crippen LogP contribution < -0.4 is 5.32 Å². The van der Waals surface area contributed by atoms with Crippen molar-refractivity contribution < 1.29 is 17.9 Å². The summed E-state index contributed by atoms with van der Waals surface area (Å²) in [5.74, 6) is 1.09. The minimum absolute atomic E-state index is 0.157. The van der Waals surface area contributed by atoms with Crippen LogP contribution in [-0.2, 0) is 4.74 Å². The monoisotopic (exact) mass is 406 g/mol. The molecule has 3 N–H and O–H groups in total. The first-order valence-corrected chi connectivity index (χ1v) is 8.04. The van der Waals surface area contributed by atoms with Gasteiger partial charge in [0.1, 0.15) is 6.04 Å². The van der Waals surface area contributed by atoms with Crippen LogP contribution in [-0.4, -0.2) is 36.5 Å². The van der Waals surface area contributed by atoms with Crippen molar-refractivity contribution in [1.29, 1.82) is 5.41 Å². The molecule has 0 fully saturated rings. The van der Waals surface area contributed by atoms with Crippen molar-refractivity contribution >= 4 is 36.2 Å². The van der Waals surface area contributed by atoms with E-state index < -0.39 is 12.2 Å². The number of nitrogens with zero attached hydrogens (tertiary/aromatic N) is 1. The molecule has 142 valence electrons. The fourth-order valence-electron chi connectivity index (χ4n) is 1.93. The summed E-state index contributed by atoms with van der Waals surface area (Å²) in [6, 6.07) is 3.95. The molecule has 0 aliphatic rings. The van der Waals surface area contributed by atoms with E-state index in [0.29, 0.717) is 21.6 Å². The Balaban J connectivity index is 0.000000263. The summed E-state index contributed by atoms with van der Waals surface area (Å²) in [7, 11) is 2.79. The number of ether oxygens (including phenoxy) is 1. The molecule has 0 aliphatic carbocycles. The minimum atomic E-state index is -4.29. The van der Waals surface area contributed by atoms with Gasteiger partial charge < -0.3 is 20.4 Å². The quantitative estimate of drug-likeness (QED) is 0.335. The number of aromatic nitrogens is 2. The number of halogens is 4. The first-order chi connectivity index (χ1) is 12.2. The second-order valence-corrected chi connectivity index (χ2v) is 5.75. The lowest BCUT2D eigenvalue weighted by Gasteiger charge is -2.19. The topological polar surface area (TPSA) is 73.8 Å². The van der Waals surface area contributed by atoms with Crippen molar-refractivity contribution in [3.05, 3.63) is 52.9 Å². The van der Waals surface area contributed by atoms with Gasteiger partial charge in [-0.1, -0.05) is 23.7 Å². The highest BCUT2D eigenvalue weighted by Crippen LogP contribution is 2.32. The molecule has 1 unspecified atom stereocenters. The number of thiol groups is 1. The molecule has 2 rings (SSSR count). The zero-order valence-corrected chi connectivity index (χ0v) is 15.6. The van der Waals surface area contributed by atoms with Crippen LogP contribution in [0, 0.1) is 5.41 Å². The third-order valence-electron chi connectivity index (χ3n) is 3.07. The van der Waals surface area contributed by atoms with Gasteiger partial charge in [-0.25, -0.2) is 4.98 Å². The molecular weight excluding hydrogens is 389 g/mol. The molecule has 0 saturated heterocycles. The highest BCUT2D eigenvalue weighted by Gasteiger charge is 2.39. The van der Waals surface area contributed by atoms with E-state index in [9.17, 15) is 13.2 Å². The molecule has 1 aromatic carbocycles. The van der Waals surface area contributed by atoms with Gasteiger partial charge in [-0.05, 0) is 24.7 Å². The number of nitrogens with one attached hydrogen (secondary N) is 3. The van der Waals surface area contributed by atoms with Crippen LogP contribution in [0.4, 0.5) is 13.2 Å². The predicted molar refractivity (Wildman–Crippen MR) is 98.9 cm³/mol. The Labute approximate surface area is 159 Å². The number of H-pyrrole nitrogens is 1. The normalized spacial score (nSPS) is 12.8. The van der Waals surface area contributed by atoms with Crippen molar-refractivity contribution in [2.75, 3.05) is 14.2 Å². The maximum atomic E-state index is 12.4. The highest BCUT2D eigenvalue weighted by atomic mass is 35.5. The van der Waals surface area contributed by atoms with Crippen LogP contribution in [0.3, 0.4) is 0 Å². The van der Waals surface area contributed by atoms with Gasteiger partial charge in [0.05, 0.1) is 18.3 Å². The average molecular weight is 407 g/mol. The lowest BCUT2D eigenvalue weighted by Crippen LogP contribution is -2.31. The van der Waals surface area contributed by atoms with E-state index in [0.717, 1.165) is 6.21 Å². The fraction of sp³-hybridized carbons (Fsp3) is 0.250. The van der Waals surface area contributed by atoms with E-state index in [-0.39, 0.29) is 5.56 Å². The molecule has 0 spiro atoms. The molecule has 0 saturated carbocycles. The molecule has 0 aliphatic heterocycles. The van der Waals surface area contributed by atoms with E-state index in [4.69, 9.17) is 21.7 Å². The molecule has 26 heavy (non-hydrogen) atoms. The van der Waals surface area contributed by atoms with E-state index in [2.05, 4.69) is 27.9 Å². The van der Waals surface area contributed by atoms with E-state index >= 15 is 0 Å². The number of benzene rings is 1. The molecular formula is C16H18ClF3N4OS. The Morgan fingerprint density at radius 1 is 1.38 bits per heavy atom. The van der Waals surface area contributed by atoms with Crippen LogP contribution in [0.15, 0.2) is 41.6 Å². The van der Waals surface area contributed by atoms with Crippen molar-refractivity contribution in [2.45, 2.75) is 17.2 Å². The van der Waals surface area contributed by atoms with Gasteiger partial charge in [-0.15, -0.1) is 12.6 Å². The molecule has 1 atom stereocenters. The molecule has 1 heterocycles. The maximum Gasteiger partial charge on any atom is 0.407 e. The zero-order valence-electron chi connectivity index (χ0n) is 13.9. The van der Waals surface area contributed by atoms with Gasteiger partial charge in [0.2, 0.25) is 0 Å². The van der Waals surface area contributed by atoms with Gasteiger partial charge in [-0.2, -0.15) is 13.2 Å². The molecule has 2 aromatic rings. The lowest BCUT2D eigenvalue weighted by atomic mass is 10.1. The second kappa shape index (κ2) is 10.2. The Hall–Kier alpha value is -1.97. The van der Waals surface area contributed by atoms with Crippen molar-refractivity contribution in [3.63, 3.8) is 0 Å². The summed E-state index contributed by atoms with van der Waals surface area (Å²) in [5.41, 5.74) is 0.157. The molecule has 0 bridgehead atoms. The van der Waals surface area contributed by atoms with Gasteiger partial charge in [0.25, 0.3) is 0 Å². The van der Waals surface area contributed by atoms with Gasteiger partial charge in [0, 0.05) is 17.3 Å². The number of alkyl halides is 3. The summed E-state index contributed by atoms with van der Waals surface area (Å²) in [6.45, 7) is 0. The van der Waals surface area contributed by atoms with Crippen LogP contribution in [0.1, 0.15) is 17.4 Å². The van der Waals surface area contributed by atoms with Crippen molar-refractivity contribution in [1.82, 2.24) is 15.3 Å². The molecule has 0 amide bonds. The first-order valence-electron chi connectivity index (χ1n) is 7.21. The van der Waals surface area contributed by atoms with Crippen LogP contribution >= 0.6 is 24.2 Å². The molecule has 1 aromatic heterocycles. The zero-order chi connectivity index (χ0) is 19.7. The summed E-state index contributed by atoms with van der Waals surface area (Å²) in [6.07, 6.45) is -0.0660. The van der Waals surface area contributed by atoms with E-state index in [1.807, 2.05) is 0 Å². The van der Waals surface area contributed by atoms with Crippen LogP contribution in [0.2, 0.25) is 5.02 Å². The fourth-order valence-corrected chi connectivity index (χ4v) is 2.22. The van der Waals surface area contributed by atoms with Crippen molar-refractivity contribution in [3.8, 4) is 0 Å². The number of rotatable bonds is 5. The largest absolute Gasteiger partial charge is 0.493 e. The van der Waals surface area contributed by atoms with Crippen LogP contribution in [0.5, 0.6) is 0 Å². The minimum Gasteiger partial charge on any atom is -0.493 e. The second-order valence-electron chi connectivity index (χ2n) is 4.83. The number of hydrogen-bond donors (Lipinski definition) is 4. The predicted octanol–water partition coefficient (Wildman–Crippen LogP) is 4.50. The maximum absolute atomic E-state index is 12.4. The smallest absolute Gasteiger partial charge is 0.407 e. The van der Waals surface area contributed by atoms with Crippen molar-refractivity contribution in [2.24, 2.45) is 0 Å². The highest BCUT2D eigenvalue weighted by molar-refractivity contribution is 7.80. The van der Waals surface area contributed by atoms with E-state index in [1.165, 1.54) is 44.5 Å². The number of allylic oxidation sites excluding steroid dienone is 1.